The number of aliphatic carboxylic acids is 1. The van der Waals surface area contributed by atoms with Crippen LogP contribution in [0.1, 0.15) is 5.56 Å². The number of para-hydroxylation sites is 1. The van der Waals surface area contributed by atoms with Crippen molar-refractivity contribution >= 4 is 17.7 Å². The Labute approximate surface area is 107 Å². The third-order valence-corrected chi connectivity index (χ3v) is 3.20. The summed E-state index contributed by atoms with van der Waals surface area (Å²) in [5.41, 5.74) is 1.07. The zero-order valence-electron chi connectivity index (χ0n) is 9.50. The van der Waals surface area contributed by atoms with E-state index < -0.39 is 11.8 Å². The van der Waals surface area contributed by atoms with Crippen LogP contribution in [-0.2, 0) is 4.79 Å². The molecule has 2 aromatic rings. The van der Waals surface area contributed by atoms with Crippen molar-refractivity contribution in [2.24, 2.45) is 0 Å². The standard InChI is InChI=1S/C11H10FN3O2S/c1-7-3-2-4-8(12)10(7)15-6-13-14-11(15)18-5-9(16)17/h2-4,6H,5H2,1H3,(H,16,17). The molecule has 0 amide bonds. The SMILES string of the molecule is Cc1cccc(F)c1-n1cnnc1SCC(=O)O. The monoisotopic (exact) mass is 267 g/mol. The molecule has 0 radical (unpaired) electrons. The smallest absolute Gasteiger partial charge is 0.313 e. The quantitative estimate of drug-likeness (QED) is 0.857. The maximum atomic E-state index is 13.8. The van der Waals surface area contributed by atoms with Crippen molar-refractivity contribution in [2.45, 2.75) is 12.1 Å². The first-order valence-electron chi connectivity index (χ1n) is 5.09. The fourth-order valence-corrected chi connectivity index (χ4v) is 2.17. The van der Waals surface area contributed by atoms with Gasteiger partial charge in [0, 0.05) is 0 Å². The Kier molecular flexibility index (Phi) is 3.61. The summed E-state index contributed by atoms with van der Waals surface area (Å²) in [6.45, 7) is 1.77. The van der Waals surface area contributed by atoms with Crippen LogP contribution in [0.25, 0.3) is 5.69 Å². The Bertz CT molecular complexity index is 565. The summed E-state index contributed by atoms with van der Waals surface area (Å²) >= 11 is 0.997. The topological polar surface area (TPSA) is 68.0 Å². The fourth-order valence-electron chi connectivity index (χ4n) is 1.53. The summed E-state index contributed by atoms with van der Waals surface area (Å²) in [4.78, 5) is 10.5. The van der Waals surface area contributed by atoms with Crippen LogP contribution >= 0.6 is 11.8 Å². The molecule has 0 saturated heterocycles. The molecule has 18 heavy (non-hydrogen) atoms. The molecule has 94 valence electrons. The number of nitrogens with zero attached hydrogens (tertiary/aromatic N) is 3. The Morgan fingerprint density at radius 3 is 3.00 bits per heavy atom. The zero-order valence-corrected chi connectivity index (χ0v) is 10.3. The minimum absolute atomic E-state index is 0.147. The number of aryl methyl sites for hydroxylation is 1. The van der Waals surface area contributed by atoms with Crippen LogP contribution in [0.3, 0.4) is 0 Å². The summed E-state index contributed by atoms with van der Waals surface area (Å²) in [7, 11) is 0. The minimum Gasteiger partial charge on any atom is -0.481 e. The molecule has 0 aliphatic heterocycles. The van der Waals surface area contributed by atoms with E-state index in [1.54, 1.807) is 19.1 Å². The molecule has 1 N–H and O–H groups in total. The summed E-state index contributed by atoms with van der Waals surface area (Å²) in [5.74, 6) is -1.50. The lowest BCUT2D eigenvalue weighted by atomic mass is 10.2. The molecule has 0 spiro atoms. The van der Waals surface area contributed by atoms with Crippen molar-refractivity contribution in [1.29, 1.82) is 0 Å². The van der Waals surface area contributed by atoms with Crippen molar-refractivity contribution in [3.8, 4) is 5.69 Å². The first-order chi connectivity index (χ1) is 8.59. The zero-order chi connectivity index (χ0) is 13.1. The number of rotatable bonds is 4. The van der Waals surface area contributed by atoms with Gasteiger partial charge in [-0.3, -0.25) is 9.36 Å². The molecule has 0 bridgehead atoms. The maximum absolute atomic E-state index is 13.8. The number of benzene rings is 1. The van der Waals surface area contributed by atoms with Gasteiger partial charge < -0.3 is 5.11 Å². The predicted octanol–water partition coefficient (Wildman–Crippen LogP) is 1.89. The molecule has 1 aromatic heterocycles. The highest BCUT2D eigenvalue weighted by atomic mass is 32.2. The second-order valence-electron chi connectivity index (χ2n) is 3.57. The average molecular weight is 267 g/mol. The lowest BCUT2D eigenvalue weighted by Crippen LogP contribution is -2.04. The van der Waals surface area contributed by atoms with Crippen molar-refractivity contribution in [3.63, 3.8) is 0 Å². The first-order valence-corrected chi connectivity index (χ1v) is 6.08. The van der Waals surface area contributed by atoms with Crippen LogP contribution in [0.5, 0.6) is 0 Å². The van der Waals surface area contributed by atoms with Gasteiger partial charge in [0.05, 0.1) is 11.4 Å². The van der Waals surface area contributed by atoms with Gasteiger partial charge in [-0.25, -0.2) is 4.39 Å². The van der Waals surface area contributed by atoms with Crippen LogP contribution in [0.15, 0.2) is 29.7 Å². The van der Waals surface area contributed by atoms with E-state index in [4.69, 9.17) is 5.11 Å². The molecule has 0 atom stereocenters. The maximum Gasteiger partial charge on any atom is 0.313 e. The Balaban J connectivity index is 2.39. The van der Waals surface area contributed by atoms with Crippen LogP contribution in [-0.4, -0.2) is 31.6 Å². The van der Waals surface area contributed by atoms with Gasteiger partial charge in [-0.15, -0.1) is 10.2 Å². The van der Waals surface area contributed by atoms with Gasteiger partial charge >= 0.3 is 5.97 Å². The fraction of sp³-hybridized carbons (Fsp3) is 0.182. The van der Waals surface area contributed by atoms with Crippen LogP contribution < -0.4 is 0 Å². The second-order valence-corrected chi connectivity index (χ2v) is 4.51. The van der Waals surface area contributed by atoms with Gasteiger partial charge in [0.2, 0.25) is 0 Å². The highest BCUT2D eigenvalue weighted by Gasteiger charge is 2.14. The molecule has 0 aliphatic rings. The lowest BCUT2D eigenvalue weighted by molar-refractivity contribution is -0.133. The molecule has 5 nitrogen and oxygen atoms in total. The van der Waals surface area contributed by atoms with Crippen LogP contribution in [0.2, 0.25) is 0 Å². The van der Waals surface area contributed by atoms with Crippen molar-refractivity contribution < 1.29 is 14.3 Å². The van der Waals surface area contributed by atoms with E-state index in [0.717, 1.165) is 17.3 Å². The molecule has 0 fully saturated rings. The Morgan fingerprint density at radius 2 is 2.33 bits per heavy atom. The molecule has 2 rings (SSSR count). The van der Waals surface area contributed by atoms with Crippen LogP contribution in [0.4, 0.5) is 4.39 Å². The van der Waals surface area contributed by atoms with Gasteiger partial charge in [0.1, 0.15) is 12.1 Å². The van der Waals surface area contributed by atoms with Gasteiger partial charge in [-0.05, 0) is 18.6 Å². The highest BCUT2D eigenvalue weighted by molar-refractivity contribution is 7.99. The van der Waals surface area contributed by atoms with Crippen molar-refractivity contribution in [3.05, 3.63) is 35.9 Å². The van der Waals surface area contributed by atoms with Gasteiger partial charge in [-0.2, -0.15) is 0 Å². The second kappa shape index (κ2) is 5.18. The molecule has 0 unspecified atom stereocenters. The highest BCUT2D eigenvalue weighted by Crippen LogP contribution is 2.23. The molecular formula is C11H10FN3O2S. The summed E-state index contributed by atoms with van der Waals surface area (Å²) in [6.07, 6.45) is 1.37. The number of thioether (sulfide) groups is 1. The van der Waals surface area contributed by atoms with Gasteiger partial charge in [0.25, 0.3) is 0 Å². The number of carbonyl (C=O) groups is 1. The number of hydrogen-bond acceptors (Lipinski definition) is 4. The van der Waals surface area contributed by atoms with E-state index in [9.17, 15) is 9.18 Å². The van der Waals surface area contributed by atoms with Gasteiger partial charge in [-0.1, -0.05) is 23.9 Å². The minimum atomic E-state index is -0.959. The van der Waals surface area contributed by atoms with Crippen LogP contribution in [0, 0.1) is 12.7 Å². The third-order valence-electron chi connectivity index (χ3n) is 2.27. The van der Waals surface area contributed by atoms with E-state index in [-0.39, 0.29) is 5.75 Å². The average Bonchev–Trinajstić information content (AvgIpc) is 2.74. The van der Waals surface area contributed by atoms with E-state index in [1.165, 1.54) is 17.0 Å². The van der Waals surface area contributed by atoms with Crippen molar-refractivity contribution in [1.82, 2.24) is 14.8 Å². The predicted molar refractivity (Wildman–Crippen MR) is 64.4 cm³/mol. The summed E-state index contributed by atoms with van der Waals surface area (Å²) in [6, 6.07) is 4.72. The molecular weight excluding hydrogens is 257 g/mol. The summed E-state index contributed by atoms with van der Waals surface area (Å²) in [5, 5.41) is 16.5. The third kappa shape index (κ3) is 2.51. The van der Waals surface area contributed by atoms with E-state index in [1.807, 2.05) is 0 Å². The number of halogens is 1. The normalized spacial score (nSPS) is 10.6. The number of carboxylic acid groups (broad SMARTS) is 1. The number of carboxylic acids is 1. The van der Waals surface area contributed by atoms with E-state index in [2.05, 4.69) is 10.2 Å². The Morgan fingerprint density at radius 1 is 1.56 bits per heavy atom. The first kappa shape index (κ1) is 12.6. The van der Waals surface area contributed by atoms with E-state index >= 15 is 0 Å². The lowest BCUT2D eigenvalue weighted by Gasteiger charge is -2.09. The molecule has 0 saturated carbocycles. The molecule has 0 aliphatic carbocycles. The van der Waals surface area contributed by atoms with Crippen molar-refractivity contribution in [2.75, 3.05) is 5.75 Å². The number of aromatic nitrogens is 3. The summed E-state index contributed by atoms with van der Waals surface area (Å²) < 4.78 is 15.2. The molecule has 1 heterocycles. The molecule has 7 heteroatoms. The largest absolute Gasteiger partial charge is 0.481 e. The van der Waals surface area contributed by atoms with E-state index in [0.29, 0.717) is 10.8 Å². The van der Waals surface area contributed by atoms with Gasteiger partial charge in [0.15, 0.2) is 5.16 Å². The molecule has 1 aromatic carbocycles. The number of hydrogen-bond donors (Lipinski definition) is 1. The Hall–Kier alpha value is -1.89.